The van der Waals surface area contributed by atoms with E-state index in [1.807, 2.05) is 0 Å². The highest BCUT2D eigenvalue weighted by molar-refractivity contribution is 7.04. The van der Waals surface area contributed by atoms with Gasteiger partial charge in [-0.05, 0) is 135 Å². The van der Waals surface area contributed by atoms with Crippen LogP contribution in [-0.2, 0) is 0 Å². The fourth-order valence-electron chi connectivity index (χ4n) is 15.0. The van der Waals surface area contributed by atoms with Crippen LogP contribution in [-0.4, -0.2) is 20.1 Å². The SMILES string of the molecule is c1ccc(N(c2ccccc2)c2cc3c4c(c2)Oc2cc5c6c(c2B4c2ccccc2O3)Oc2ccccc2B6c2cc3c(cc2N5c2ccccc2)Oc2cc(N(c4ccccc4)c4ccccc4)cc4c2B3c2ccccc2N4c2ccccc2)cc1. The van der Waals surface area contributed by atoms with Crippen LogP contribution in [0.1, 0.15) is 0 Å². The van der Waals surface area contributed by atoms with Crippen molar-refractivity contribution in [2.75, 3.05) is 19.6 Å². The molecule has 11 heteroatoms. The maximum absolute atomic E-state index is 7.66. The van der Waals surface area contributed by atoms with E-state index >= 15 is 0 Å². The van der Waals surface area contributed by atoms with Gasteiger partial charge in [0.1, 0.15) is 46.0 Å². The van der Waals surface area contributed by atoms with E-state index in [1.54, 1.807) is 0 Å². The van der Waals surface area contributed by atoms with Crippen molar-refractivity contribution in [2.24, 2.45) is 0 Å². The molecule has 19 rings (SSSR count). The summed E-state index contributed by atoms with van der Waals surface area (Å²) >= 11 is 0. The molecule has 6 heterocycles. The van der Waals surface area contributed by atoms with Gasteiger partial charge in [0.05, 0.1) is 11.4 Å². The maximum atomic E-state index is 7.66. The van der Waals surface area contributed by atoms with Gasteiger partial charge in [-0.3, -0.25) is 0 Å². The third kappa shape index (κ3) is 7.52. The second-order valence-corrected chi connectivity index (χ2v) is 23.4. The summed E-state index contributed by atoms with van der Waals surface area (Å²) in [6.45, 7) is -0.755. The molecule has 414 valence electrons. The van der Waals surface area contributed by atoms with Crippen LogP contribution in [0.15, 0.2) is 297 Å². The van der Waals surface area contributed by atoms with Crippen LogP contribution in [0, 0.1) is 0 Å². The van der Waals surface area contributed by atoms with Crippen molar-refractivity contribution in [3.63, 3.8) is 0 Å². The molecule has 0 saturated carbocycles. The minimum atomic E-state index is -0.301. The van der Waals surface area contributed by atoms with E-state index in [4.69, 9.17) is 18.9 Å². The van der Waals surface area contributed by atoms with Gasteiger partial charge in [-0.15, -0.1) is 0 Å². The molecule has 13 aromatic rings. The first-order valence-electron chi connectivity index (χ1n) is 30.4. The summed E-state index contributed by atoms with van der Waals surface area (Å²) in [7, 11) is 0. The maximum Gasteiger partial charge on any atom is 0.265 e. The van der Waals surface area contributed by atoms with Crippen LogP contribution < -0.4 is 87.7 Å². The van der Waals surface area contributed by atoms with E-state index in [9.17, 15) is 0 Å². The molecule has 0 bridgehead atoms. The van der Waals surface area contributed by atoms with Gasteiger partial charge in [-0.1, -0.05) is 170 Å². The number of hydrogen-bond acceptors (Lipinski definition) is 8. The van der Waals surface area contributed by atoms with Gasteiger partial charge in [-0.2, -0.15) is 0 Å². The zero-order chi connectivity index (χ0) is 58.3. The fourth-order valence-corrected chi connectivity index (χ4v) is 15.0. The Morgan fingerprint density at radius 3 is 1.19 bits per heavy atom. The van der Waals surface area contributed by atoms with E-state index in [0.717, 1.165) is 158 Å². The molecule has 0 spiro atoms. The number of benzene rings is 13. The summed E-state index contributed by atoms with van der Waals surface area (Å²) in [6.07, 6.45) is 0. The molecule has 0 N–H and O–H groups in total. The predicted octanol–water partition coefficient (Wildman–Crippen LogP) is 14.2. The van der Waals surface area contributed by atoms with Crippen LogP contribution in [0.5, 0.6) is 46.0 Å². The van der Waals surface area contributed by atoms with Crippen molar-refractivity contribution in [3.05, 3.63) is 297 Å². The topological polar surface area (TPSA) is 49.9 Å². The van der Waals surface area contributed by atoms with Crippen molar-refractivity contribution in [2.45, 2.75) is 0 Å². The monoisotopic (exact) mass is 1140 g/mol. The largest absolute Gasteiger partial charge is 0.459 e. The molecule has 6 aliphatic rings. The molecule has 8 nitrogen and oxygen atoms in total. The van der Waals surface area contributed by atoms with E-state index in [1.165, 1.54) is 5.46 Å². The second kappa shape index (κ2) is 19.5. The molecule has 0 atom stereocenters. The lowest BCUT2D eigenvalue weighted by atomic mass is 9.29. The number of nitrogens with zero attached hydrogens (tertiary/aromatic N) is 4. The molecular formula is C78H49B3N4O4. The summed E-state index contributed by atoms with van der Waals surface area (Å²) in [5.74, 6) is 6.18. The smallest absolute Gasteiger partial charge is 0.265 e. The zero-order valence-electron chi connectivity index (χ0n) is 47.9. The normalized spacial score (nSPS) is 13.4. The Kier molecular flexibility index (Phi) is 10.9. The van der Waals surface area contributed by atoms with Gasteiger partial charge in [0.2, 0.25) is 0 Å². The van der Waals surface area contributed by atoms with E-state index in [2.05, 4.69) is 317 Å². The van der Waals surface area contributed by atoms with Crippen molar-refractivity contribution in [3.8, 4) is 46.0 Å². The molecule has 0 saturated heterocycles. The number of fused-ring (bicyclic) bond motifs is 13. The first-order chi connectivity index (χ1) is 44.2. The average molecular weight is 1140 g/mol. The summed E-state index contributed by atoms with van der Waals surface area (Å²) in [4.78, 5) is 9.43. The third-order valence-corrected chi connectivity index (χ3v) is 18.6. The fraction of sp³-hybridized carbons (Fsp3) is 0. The van der Waals surface area contributed by atoms with Crippen molar-refractivity contribution >= 4 is 138 Å². The van der Waals surface area contributed by atoms with Gasteiger partial charge < -0.3 is 38.5 Å². The molecule has 0 radical (unpaired) electrons. The minimum absolute atomic E-state index is 0.197. The Morgan fingerprint density at radius 2 is 0.618 bits per heavy atom. The summed E-state index contributed by atoms with van der Waals surface area (Å²) in [5, 5.41) is 0. The summed E-state index contributed by atoms with van der Waals surface area (Å²) < 4.78 is 29.8. The molecular weight excluding hydrogens is 1090 g/mol. The Morgan fingerprint density at radius 1 is 0.225 bits per heavy atom. The Balaban J connectivity index is 0.853. The van der Waals surface area contributed by atoms with Gasteiger partial charge in [0.25, 0.3) is 20.1 Å². The molecule has 13 aromatic carbocycles. The second-order valence-electron chi connectivity index (χ2n) is 23.4. The van der Waals surface area contributed by atoms with Crippen molar-refractivity contribution in [1.82, 2.24) is 0 Å². The number of rotatable bonds is 8. The molecule has 0 amide bonds. The molecule has 0 unspecified atom stereocenters. The molecule has 0 aliphatic carbocycles. The van der Waals surface area contributed by atoms with Gasteiger partial charge >= 0.3 is 0 Å². The first kappa shape index (κ1) is 49.7. The highest BCUT2D eigenvalue weighted by Crippen LogP contribution is 2.50. The van der Waals surface area contributed by atoms with E-state index < -0.39 is 0 Å². The summed E-state index contributed by atoms with van der Waals surface area (Å²) in [5.41, 5.74) is 22.0. The highest BCUT2D eigenvalue weighted by Gasteiger charge is 2.51. The minimum Gasteiger partial charge on any atom is -0.459 e. The molecule has 6 aliphatic heterocycles. The number of anilines is 12. The third-order valence-electron chi connectivity index (χ3n) is 18.6. The number of para-hydroxylation sites is 9. The predicted molar refractivity (Wildman–Crippen MR) is 365 cm³/mol. The number of hydrogen-bond donors (Lipinski definition) is 0. The van der Waals surface area contributed by atoms with E-state index in [0.29, 0.717) is 0 Å². The first-order valence-corrected chi connectivity index (χ1v) is 30.4. The van der Waals surface area contributed by atoms with Crippen LogP contribution >= 0.6 is 0 Å². The van der Waals surface area contributed by atoms with Gasteiger partial charge in [0.15, 0.2) is 0 Å². The molecule has 0 fully saturated rings. The van der Waals surface area contributed by atoms with Crippen molar-refractivity contribution < 1.29 is 18.9 Å². The number of ether oxygens (including phenoxy) is 4. The van der Waals surface area contributed by atoms with Crippen LogP contribution in [0.25, 0.3) is 0 Å². The standard InChI is InChI=1S/C78H49B3N4O4/c1-7-25-50(26-8-1)82(51-27-9-2-10-28-51)56-43-65-74-70(44-56)87-69-48-64-61(47-62(69)79(74)58-37-19-22-40-63(58)84(65)54-33-15-5-16-34-54)80-59-38-20-24-42-68(59)89-78-75(80)66(85(64)55-35-17-6-18-36-55)49-73-77(78)81-60-39-21-23-41-67(60)86-71-45-57(46-72(88-73)76(71)81)83(52-29-11-3-12-30-52)53-31-13-4-14-32-53/h1-49H. The summed E-state index contributed by atoms with van der Waals surface area (Å²) in [6, 6.07) is 106. The Hall–Kier alpha value is -11.5. The van der Waals surface area contributed by atoms with Crippen LogP contribution in [0.2, 0.25) is 0 Å². The quantitative estimate of drug-likeness (QED) is 0.140. The Bertz CT molecular complexity index is 4950. The lowest BCUT2D eigenvalue weighted by molar-refractivity contribution is 0.457. The zero-order valence-corrected chi connectivity index (χ0v) is 47.9. The van der Waals surface area contributed by atoms with Crippen molar-refractivity contribution in [1.29, 1.82) is 0 Å². The van der Waals surface area contributed by atoms with Crippen LogP contribution in [0.3, 0.4) is 0 Å². The molecule has 89 heavy (non-hydrogen) atoms. The van der Waals surface area contributed by atoms with Gasteiger partial charge in [-0.25, -0.2) is 0 Å². The Labute approximate surface area is 516 Å². The lowest BCUT2D eigenvalue weighted by Crippen LogP contribution is -2.65. The van der Waals surface area contributed by atoms with E-state index in [-0.39, 0.29) is 20.1 Å². The molecule has 0 aromatic heterocycles. The highest BCUT2D eigenvalue weighted by atomic mass is 16.5. The van der Waals surface area contributed by atoms with Crippen LogP contribution in [0.4, 0.5) is 68.2 Å². The lowest BCUT2D eigenvalue weighted by Gasteiger charge is -2.44. The average Bonchev–Trinajstić information content (AvgIpc) is 0.724. The van der Waals surface area contributed by atoms with Gasteiger partial charge in [0, 0.05) is 98.1 Å².